The maximum absolute atomic E-state index is 13.0. The summed E-state index contributed by atoms with van der Waals surface area (Å²) in [4.78, 5) is 28.7. The second-order valence-corrected chi connectivity index (χ2v) is 9.20. The van der Waals surface area contributed by atoms with Gasteiger partial charge >= 0.3 is 0 Å². The molecule has 0 fully saturated rings. The number of carbonyl (C=O) groups is 1. The highest BCUT2D eigenvalue weighted by atomic mass is 32.2. The molecule has 0 saturated heterocycles. The average molecular weight is 455 g/mol. The number of carbonyl (C=O) groups excluding carboxylic acids is 1. The number of hydrogen-bond donors (Lipinski definition) is 3. The summed E-state index contributed by atoms with van der Waals surface area (Å²) in [5.74, 6) is 0.0402. The lowest BCUT2D eigenvalue weighted by atomic mass is 10.2. The van der Waals surface area contributed by atoms with Gasteiger partial charge in [-0.3, -0.25) is 24.1 Å². The van der Waals surface area contributed by atoms with Crippen molar-refractivity contribution in [3.8, 4) is 0 Å². The average Bonchev–Trinajstić information content (AvgIpc) is 3.04. The van der Waals surface area contributed by atoms with Crippen LogP contribution in [0.3, 0.4) is 0 Å². The van der Waals surface area contributed by atoms with E-state index >= 15 is 0 Å². The Morgan fingerprint density at radius 3 is 2.78 bits per heavy atom. The largest absolute Gasteiger partial charge is 0.296 e. The van der Waals surface area contributed by atoms with Crippen LogP contribution in [-0.2, 0) is 27.8 Å². The SMILES string of the molecule is O=C(/C=C/c1cccc(S(=O)(=O)Nc2ccc3nc4n(c(=O)c3c2)CCCCC4)c1)NO. The Labute approximate surface area is 184 Å². The van der Waals surface area contributed by atoms with Crippen molar-refractivity contribution in [2.75, 3.05) is 4.72 Å². The molecule has 0 atom stereocenters. The molecule has 1 aromatic heterocycles. The van der Waals surface area contributed by atoms with Gasteiger partial charge in [0, 0.05) is 24.7 Å². The van der Waals surface area contributed by atoms with E-state index in [1.807, 2.05) is 0 Å². The van der Waals surface area contributed by atoms with Gasteiger partial charge in [-0.15, -0.1) is 0 Å². The van der Waals surface area contributed by atoms with Crippen molar-refractivity contribution in [2.45, 2.75) is 37.1 Å². The van der Waals surface area contributed by atoms with Gasteiger partial charge in [-0.25, -0.2) is 18.9 Å². The van der Waals surface area contributed by atoms with Crippen LogP contribution in [0.25, 0.3) is 17.0 Å². The third kappa shape index (κ3) is 4.56. The minimum Gasteiger partial charge on any atom is -0.296 e. The van der Waals surface area contributed by atoms with E-state index < -0.39 is 15.9 Å². The summed E-state index contributed by atoms with van der Waals surface area (Å²) in [5, 5.41) is 8.91. The summed E-state index contributed by atoms with van der Waals surface area (Å²) >= 11 is 0. The molecule has 1 aliphatic heterocycles. The molecule has 0 bridgehead atoms. The molecule has 10 heteroatoms. The molecule has 1 amide bonds. The van der Waals surface area contributed by atoms with E-state index in [2.05, 4.69) is 9.71 Å². The Balaban J connectivity index is 1.65. The van der Waals surface area contributed by atoms with Crippen molar-refractivity contribution >= 4 is 38.6 Å². The molecule has 0 radical (unpaired) electrons. The molecule has 0 saturated carbocycles. The van der Waals surface area contributed by atoms with Gasteiger partial charge in [-0.2, -0.15) is 0 Å². The summed E-state index contributed by atoms with van der Waals surface area (Å²) in [6.07, 6.45) is 6.16. The second-order valence-electron chi connectivity index (χ2n) is 7.51. The first kappa shape index (κ1) is 21.7. The molecule has 3 N–H and O–H groups in total. The van der Waals surface area contributed by atoms with Gasteiger partial charge in [0.25, 0.3) is 21.5 Å². The molecular formula is C22H22N4O5S. The van der Waals surface area contributed by atoms with Crippen LogP contribution in [0.15, 0.2) is 58.2 Å². The smallest absolute Gasteiger partial charge is 0.267 e. The molecule has 2 aromatic carbocycles. The van der Waals surface area contributed by atoms with Crippen LogP contribution in [0, 0.1) is 0 Å². The van der Waals surface area contributed by atoms with E-state index in [4.69, 9.17) is 5.21 Å². The standard InChI is InChI=1S/C22H22N4O5S/c27-21(24-29)11-8-15-5-4-6-17(13-15)32(30,31)25-16-9-10-19-18(14-16)22(28)26-12-3-1-2-7-20(26)23-19/h4-6,8-11,13-14,25,29H,1-3,7,12H2,(H,24,27)/b11-8+. The van der Waals surface area contributed by atoms with E-state index in [1.54, 1.807) is 22.8 Å². The first-order valence-electron chi connectivity index (χ1n) is 10.2. The zero-order valence-electron chi connectivity index (χ0n) is 17.1. The fraction of sp³-hybridized carbons (Fsp3) is 0.227. The van der Waals surface area contributed by atoms with Crippen LogP contribution < -0.4 is 15.8 Å². The molecule has 0 unspecified atom stereocenters. The van der Waals surface area contributed by atoms with Gasteiger partial charge in [0.05, 0.1) is 15.8 Å². The highest BCUT2D eigenvalue weighted by Gasteiger charge is 2.17. The van der Waals surface area contributed by atoms with E-state index in [-0.39, 0.29) is 16.1 Å². The molecule has 166 valence electrons. The number of amides is 1. The molecule has 0 aliphatic carbocycles. The van der Waals surface area contributed by atoms with E-state index in [0.717, 1.165) is 37.6 Å². The number of sulfonamides is 1. The van der Waals surface area contributed by atoms with Crippen LogP contribution in [0.1, 0.15) is 30.7 Å². The Hall–Kier alpha value is -3.50. The van der Waals surface area contributed by atoms with Gasteiger partial charge in [0.1, 0.15) is 5.82 Å². The van der Waals surface area contributed by atoms with Gasteiger partial charge < -0.3 is 0 Å². The van der Waals surface area contributed by atoms with Crippen LogP contribution >= 0.6 is 0 Å². The van der Waals surface area contributed by atoms with Crippen LogP contribution in [0.4, 0.5) is 5.69 Å². The number of fused-ring (bicyclic) bond motifs is 2. The molecule has 9 nitrogen and oxygen atoms in total. The first-order valence-corrected chi connectivity index (χ1v) is 11.6. The summed E-state index contributed by atoms with van der Waals surface area (Å²) < 4.78 is 30.0. The van der Waals surface area contributed by atoms with Crippen molar-refractivity contribution in [2.24, 2.45) is 0 Å². The Bertz CT molecular complexity index is 1380. The predicted octanol–water partition coefficient (Wildman–Crippen LogP) is 2.44. The minimum absolute atomic E-state index is 0.0130. The van der Waals surface area contributed by atoms with Crippen LogP contribution in [-0.4, -0.2) is 29.1 Å². The van der Waals surface area contributed by atoms with Crippen molar-refractivity contribution in [3.63, 3.8) is 0 Å². The number of rotatable bonds is 5. The van der Waals surface area contributed by atoms with E-state index in [0.29, 0.717) is 23.0 Å². The van der Waals surface area contributed by atoms with Gasteiger partial charge in [-0.1, -0.05) is 18.6 Å². The molecule has 32 heavy (non-hydrogen) atoms. The van der Waals surface area contributed by atoms with Crippen LogP contribution in [0.2, 0.25) is 0 Å². The topological polar surface area (TPSA) is 130 Å². The van der Waals surface area contributed by atoms with Gasteiger partial charge in [-0.05, 0) is 54.8 Å². The van der Waals surface area contributed by atoms with Crippen molar-refractivity contribution in [3.05, 3.63) is 70.3 Å². The zero-order chi connectivity index (χ0) is 22.7. The highest BCUT2D eigenvalue weighted by Crippen LogP contribution is 2.22. The van der Waals surface area contributed by atoms with Gasteiger partial charge in [0.15, 0.2) is 0 Å². The number of anilines is 1. The zero-order valence-corrected chi connectivity index (χ0v) is 17.9. The van der Waals surface area contributed by atoms with Crippen molar-refractivity contribution in [1.82, 2.24) is 15.0 Å². The summed E-state index contributed by atoms with van der Waals surface area (Å²) in [7, 11) is -3.95. The molecule has 4 rings (SSSR count). The number of benzene rings is 2. The highest BCUT2D eigenvalue weighted by molar-refractivity contribution is 7.92. The Morgan fingerprint density at radius 2 is 1.97 bits per heavy atom. The first-order chi connectivity index (χ1) is 15.4. The van der Waals surface area contributed by atoms with Crippen molar-refractivity contribution < 1.29 is 18.4 Å². The number of nitrogens with zero attached hydrogens (tertiary/aromatic N) is 2. The summed E-state index contributed by atoms with van der Waals surface area (Å²) in [5.41, 5.74) is 2.56. The minimum atomic E-state index is -3.95. The maximum Gasteiger partial charge on any atom is 0.267 e. The van der Waals surface area contributed by atoms with Crippen molar-refractivity contribution in [1.29, 1.82) is 0 Å². The molecule has 1 aliphatic rings. The number of hydrogen-bond acceptors (Lipinski definition) is 6. The summed E-state index contributed by atoms with van der Waals surface area (Å²) in [6, 6.07) is 10.7. The van der Waals surface area contributed by atoms with Crippen LogP contribution in [0.5, 0.6) is 0 Å². The third-order valence-electron chi connectivity index (χ3n) is 5.27. The monoisotopic (exact) mass is 454 g/mol. The number of aryl methyl sites for hydroxylation is 1. The Kier molecular flexibility index (Phi) is 6.06. The summed E-state index contributed by atoms with van der Waals surface area (Å²) in [6.45, 7) is 0.613. The normalized spacial score (nSPS) is 14.2. The molecular weight excluding hydrogens is 432 g/mol. The lowest BCUT2D eigenvalue weighted by molar-refractivity contribution is -0.124. The van der Waals surface area contributed by atoms with E-state index in [1.165, 1.54) is 35.8 Å². The van der Waals surface area contributed by atoms with Gasteiger partial charge in [0.2, 0.25) is 0 Å². The predicted molar refractivity (Wildman–Crippen MR) is 120 cm³/mol. The number of aromatic nitrogens is 2. The fourth-order valence-electron chi connectivity index (χ4n) is 3.69. The quantitative estimate of drug-likeness (QED) is 0.308. The third-order valence-corrected chi connectivity index (χ3v) is 6.65. The Morgan fingerprint density at radius 1 is 1.12 bits per heavy atom. The number of hydroxylamine groups is 1. The number of nitrogens with one attached hydrogen (secondary N) is 2. The lowest BCUT2D eigenvalue weighted by Gasteiger charge is -2.12. The molecule has 0 spiro atoms. The second kappa shape index (κ2) is 8.93. The lowest BCUT2D eigenvalue weighted by Crippen LogP contribution is -2.24. The van der Waals surface area contributed by atoms with E-state index in [9.17, 15) is 18.0 Å². The molecule has 3 aromatic rings. The molecule has 2 heterocycles. The maximum atomic E-state index is 13.0. The fourth-order valence-corrected chi connectivity index (χ4v) is 4.79.